The molecule has 0 amide bonds. The van der Waals surface area contributed by atoms with E-state index >= 15 is 0 Å². The van der Waals surface area contributed by atoms with E-state index in [0.717, 1.165) is 17.8 Å². The average molecular weight is 574 g/mol. The van der Waals surface area contributed by atoms with Crippen LogP contribution in [0.2, 0.25) is 0 Å². The van der Waals surface area contributed by atoms with Crippen molar-refractivity contribution in [1.29, 1.82) is 5.26 Å². The zero-order valence-electron chi connectivity index (χ0n) is 16.5. The minimum Gasteiger partial charge on any atom is -0.512 e. The third-order valence-corrected chi connectivity index (χ3v) is 3.45. The first-order valence-corrected chi connectivity index (χ1v) is 8.19. The molecule has 0 fully saturated rings. The fourth-order valence-electron chi connectivity index (χ4n) is 2.07. The van der Waals surface area contributed by atoms with E-state index in [1.165, 1.54) is 0 Å². The SMILES string of the molecule is CN(C)c1cc(-c2[c-]cc(F)cc2F)nc(N(C)C)c1.[C-]#N.[Ir].c1ccncc1. The van der Waals surface area contributed by atoms with Gasteiger partial charge >= 0.3 is 0 Å². The normalized spacial score (nSPS) is 8.97. The number of hydrogen-bond acceptors (Lipinski definition) is 5. The molecule has 0 saturated carbocycles. The predicted molar refractivity (Wildman–Crippen MR) is 106 cm³/mol. The quantitative estimate of drug-likeness (QED) is 0.441. The maximum Gasteiger partial charge on any atom is 0.120 e. The van der Waals surface area contributed by atoms with Gasteiger partial charge in [0.15, 0.2) is 0 Å². The standard InChI is InChI=1S/C15H16F2N3.C5H5N.CN.Ir/c1-19(2)11-8-14(18-15(9-11)20(3)4)12-6-5-10(16)7-13(12)17;1-2-4-6-5-3-1;1-2;/h5,7-9H,1-4H3;1-5H;;/q-1;;-1;. The number of pyridine rings is 2. The van der Waals surface area contributed by atoms with Crippen LogP contribution in [0.15, 0.2) is 54.9 Å². The molecule has 0 aliphatic carbocycles. The van der Waals surface area contributed by atoms with Gasteiger partial charge in [0.2, 0.25) is 0 Å². The van der Waals surface area contributed by atoms with E-state index in [4.69, 9.17) is 11.8 Å². The van der Waals surface area contributed by atoms with Gasteiger partial charge in [0.05, 0.1) is 0 Å². The second-order valence-corrected chi connectivity index (χ2v) is 5.92. The van der Waals surface area contributed by atoms with Gasteiger partial charge in [-0.3, -0.25) is 18.7 Å². The smallest absolute Gasteiger partial charge is 0.120 e. The van der Waals surface area contributed by atoms with Crippen LogP contribution in [0.1, 0.15) is 0 Å². The predicted octanol–water partition coefficient (Wildman–Crippen LogP) is 4.13. The van der Waals surface area contributed by atoms with Gasteiger partial charge in [0, 0.05) is 84.1 Å². The molecule has 1 radical (unpaired) electrons. The molecule has 0 aliphatic heterocycles. The van der Waals surface area contributed by atoms with Crippen LogP contribution >= 0.6 is 0 Å². The van der Waals surface area contributed by atoms with E-state index in [1.807, 2.05) is 62.3 Å². The second kappa shape index (κ2) is 13.3. The molecule has 1 aromatic carbocycles. The summed E-state index contributed by atoms with van der Waals surface area (Å²) < 4.78 is 26.8. The number of halogens is 2. The van der Waals surface area contributed by atoms with Crippen LogP contribution in [0, 0.1) is 29.5 Å². The van der Waals surface area contributed by atoms with Crippen molar-refractivity contribution in [2.75, 3.05) is 38.0 Å². The molecule has 8 heteroatoms. The Labute approximate surface area is 184 Å². The number of nitrogens with zero attached hydrogens (tertiary/aromatic N) is 5. The summed E-state index contributed by atoms with van der Waals surface area (Å²) in [6.45, 7) is 4.75. The van der Waals surface area contributed by atoms with Crippen LogP contribution in [0.25, 0.3) is 11.3 Å². The molecular weight excluding hydrogens is 552 g/mol. The maximum absolute atomic E-state index is 13.9. The van der Waals surface area contributed by atoms with Gasteiger partial charge in [0.25, 0.3) is 0 Å². The Morgan fingerprint density at radius 3 is 1.97 bits per heavy atom. The number of aromatic nitrogens is 2. The molecule has 0 unspecified atom stereocenters. The van der Waals surface area contributed by atoms with Gasteiger partial charge in [-0.2, -0.15) is 0 Å². The first kappa shape index (κ1) is 26.1. The molecule has 0 N–H and O–H groups in total. The number of hydrogen-bond donors (Lipinski definition) is 0. The molecular formula is C21H21F2IrN5-2. The van der Waals surface area contributed by atoms with Gasteiger partial charge in [0.1, 0.15) is 5.82 Å². The van der Waals surface area contributed by atoms with Gasteiger partial charge in [-0.25, -0.2) is 0 Å². The molecule has 155 valence electrons. The topological polar surface area (TPSA) is 56.1 Å². The van der Waals surface area contributed by atoms with Gasteiger partial charge in [-0.15, -0.1) is 12.1 Å². The average Bonchev–Trinajstić information content (AvgIpc) is 2.71. The fourth-order valence-corrected chi connectivity index (χ4v) is 2.07. The molecule has 5 nitrogen and oxygen atoms in total. The van der Waals surface area contributed by atoms with E-state index < -0.39 is 11.6 Å². The summed E-state index contributed by atoms with van der Waals surface area (Å²) in [6.07, 6.45) is 3.50. The van der Waals surface area contributed by atoms with Gasteiger partial charge in [-0.1, -0.05) is 23.8 Å². The summed E-state index contributed by atoms with van der Waals surface area (Å²) in [5.74, 6) is -0.621. The molecule has 3 aromatic rings. The minimum atomic E-state index is -0.668. The summed E-state index contributed by atoms with van der Waals surface area (Å²) in [5.41, 5.74) is 1.48. The van der Waals surface area contributed by atoms with Crippen LogP contribution in [0.3, 0.4) is 0 Å². The van der Waals surface area contributed by atoms with Gasteiger partial charge in [-0.05, 0) is 17.8 Å². The Morgan fingerprint density at radius 2 is 1.55 bits per heavy atom. The maximum atomic E-state index is 13.9. The number of rotatable bonds is 3. The summed E-state index contributed by atoms with van der Waals surface area (Å²) in [5, 5.41) is 6.25. The second-order valence-electron chi connectivity index (χ2n) is 5.92. The first-order valence-electron chi connectivity index (χ1n) is 8.19. The monoisotopic (exact) mass is 574 g/mol. The Kier molecular flexibility index (Phi) is 12.0. The molecule has 0 spiro atoms. The van der Waals surface area contributed by atoms with Crippen LogP contribution in [-0.2, 0) is 20.1 Å². The van der Waals surface area contributed by atoms with Crippen molar-refractivity contribution in [3.63, 3.8) is 0 Å². The molecule has 0 aliphatic rings. The zero-order valence-corrected chi connectivity index (χ0v) is 18.9. The van der Waals surface area contributed by atoms with Crippen LogP contribution in [-0.4, -0.2) is 38.2 Å². The van der Waals surface area contributed by atoms with Crippen molar-refractivity contribution < 1.29 is 28.9 Å². The molecule has 29 heavy (non-hydrogen) atoms. The van der Waals surface area contributed by atoms with Crippen molar-refractivity contribution >= 4 is 11.5 Å². The molecule has 0 saturated heterocycles. The van der Waals surface area contributed by atoms with Crippen LogP contribution in [0.4, 0.5) is 20.3 Å². The van der Waals surface area contributed by atoms with Crippen LogP contribution in [0.5, 0.6) is 0 Å². The Balaban J connectivity index is 0.000000737. The molecule has 2 heterocycles. The van der Waals surface area contributed by atoms with Crippen molar-refractivity contribution in [2.45, 2.75) is 0 Å². The molecule has 0 bridgehead atoms. The van der Waals surface area contributed by atoms with Crippen molar-refractivity contribution in [1.82, 2.24) is 9.97 Å². The summed E-state index contributed by atoms with van der Waals surface area (Å²) in [7, 11) is 7.50. The Hall–Kier alpha value is -2.88. The van der Waals surface area contributed by atoms with Crippen molar-refractivity contribution in [2.24, 2.45) is 0 Å². The largest absolute Gasteiger partial charge is 0.512 e. The summed E-state index contributed by atoms with van der Waals surface area (Å²) in [4.78, 5) is 11.9. The number of benzene rings is 1. The number of anilines is 2. The van der Waals surface area contributed by atoms with Crippen LogP contribution < -0.4 is 9.80 Å². The molecule has 0 atom stereocenters. The molecule has 3 rings (SSSR count). The Morgan fingerprint density at radius 1 is 0.931 bits per heavy atom. The third-order valence-electron chi connectivity index (χ3n) is 3.45. The zero-order chi connectivity index (χ0) is 21.1. The summed E-state index contributed by atoms with van der Waals surface area (Å²) >= 11 is 0. The molecule has 2 aromatic heterocycles. The van der Waals surface area contributed by atoms with E-state index in [-0.39, 0.29) is 25.7 Å². The fraction of sp³-hybridized carbons (Fsp3) is 0.190. The van der Waals surface area contributed by atoms with Crippen molar-refractivity contribution in [3.8, 4) is 11.3 Å². The summed E-state index contributed by atoms with van der Waals surface area (Å²) in [6, 6.07) is 13.9. The van der Waals surface area contributed by atoms with E-state index in [0.29, 0.717) is 11.5 Å². The van der Waals surface area contributed by atoms with E-state index in [9.17, 15) is 8.78 Å². The Bertz CT molecular complexity index is 834. The van der Waals surface area contributed by atoms with Crippen molar-refractivity contribution in [3.05, 3.63) is 79.1 Å². The minimum absolute atomic E-state index is 0. The van der Waals surface area contributed by atoms with E-state index in [1.54, 1.807) is 18.5 Å². The van der Waals surface area contributed by atoms with E-state index in [2.05, 4.69) is 16.0 Å². The first-order chi connectivity index (χ1) is 13.4. The third kappa shape index (κ3) is 8.34. The van der Waals surface area contributed by atoms with Gasteiger partial charge < -0.3 is 21.6 Å².